The van der Waals surface area contributed by atoms with Crippen LogP contribution in [-0.4, -0.2) is 15.9 Å². The largest absolute Gasteiger partial charge is 0.322 e. The highest BCUT2D eigenvalue weighted by Crippen LogP contribution is 2.21. The van der Waals surface area contributed by atoms with Crippen molar-refractivity contribution in [2.45, 2.75) is 13.1 Å². The summed E-state index contributed by atoms with van der Waals surface area (Å²) in [6.45, 7) is 0.934. The van der Waals surface area contributed by atoms with Crippen molar-refractivity contribution in [2.24, 2.45) is 0 Å². The molecule has 0 atom stereocenters. The molecule has 0 aliphatic rings. The number of hydrogen-bond donors (Lipinski definition) is 1. The second-order valence-corrected chi connectivity index (χ2v) is 6.41. The fraction of sp³-hybridized carbons (Fsp3) is 0.111. The Balaban J connectivity index is 1.77. The van der Waals surface area contributed by atoms with Crippen molar-refractivity contribution in [3.05, 3.63) is 81.8 Å². The van der Waals surface area contributed by atoms with Crippen molar-refractivity contribution in [2.75, 3.05) is 5.32 Å². The molecule has 2 amide bonds. The number of aromatic nitrogens is 1. The second-order valence-electron chi connectivity index (χ2n) is 5.22. The van der Waals surface area contributed by atoms with Gasteiger partial charge in [-0.15, -0.1) is 0 Å². The molecule has 6 heteroatoms. The Morgan fingerprint density at radius 2 is 1.96 bits per heavy atom. The Morgan fingerprint density at radius 1 is 1.12 bits per heavy atom. The first-order chi connectivity index (χ1) is 11.7. The molecule has 1 N–H and O–H groups in total. The average molecular weight is 358 g/mol. The fourth-order valence-corrected chi connectivity index (χ4v) is 3.09. The van der Waals surface area contributed by atoms with Gasteiger partial charge in [-0.3, -0.25) is 4.98 Å². The molecule has 0 saturated carbocycles. The van der Waals surface area contributed by atoms with Gasteiger partial charge in [0.25, 0.3) is 0 Å². The molecule has 3 rings (SSSR count). The minimum Gasteiger partial charge on any atom is -0.314 e. The number of carbonyl (C=O) groups is 1. The number of carbonyl (C=O) groups excluding carboxylic acids is 1. The normalized spacial score (nSPS) is 10.4. The third-order valence-corrected chi connectivity index (χ3v) is 4.50. The van der Waals surface area contributed by atoms with Gasteiger partial charge in [-0.25, -0.2) is 4.79 Å². The number of para-hydroxylation sites is 1. The maximum absolute atomic E-state index is 12.7. The van der Waals surface area contributed by atoms with Crippen LogP contribution in [0.3, 0.4) is 0 Å². The molecule has 4 nitrogen and oxygen atoms in total. The molecule has 2 aromatic heterocycles. The molecular formula is C18H16ClN3OS. The smallest absolute Gasteiger partial charge is 0.314 e. The molecule has 2 heterocycles. The Bertz CT molecular complexity index is 793. The van der Waals surface area contributed by atoms with Crippen LogP contribution in [-0.2, 0) is 13.1 Å². The lowest BCUT2D eigenvalue weighted by molar-refractivity contribution is 0.206. The van der Waals surface area contributed by atoms with Gasteiger partial charge < -0.3 is 10.2 Å². The molecular weight excluding hydrogens is 342 g/mol. The number of pyridine rings is 1. The predicted octanol–water partition coefficient (Wildman–Crippen LogP) is 5.03. The zero-order chi connectivity index (χ0) is 16.8. The average Bonchev–Trinajstić information content (AvgIpc) is 3.10. The summed E-state index contributed by atoms with van der Waals surface area (Å²) in [6.07, 6.45) is 1.73. The van der Waals surface area contributed by atoms with E-state index in [2.05, 4.69) is 10.3 Å². The van der Waals surface area contributed by atoms with Crippen LogP contribution in [0.5, 0.6) is 0 Å². The number of urea groups is 1. The van der Waals surface area contributed by atoms with Gasteiger partial charge in [0.15, 0.2) is 0 Å². The number of nitrogens with one attached hydrogen (secondary N) is 1. The van der Waals surface area contributed by atoms with Crippen LogP contribution in [0.2, 0.25) is 5.02 Å². The van der Waals surface area contributed by atoms with E-state index >= 15 is 0 Å². The summed E-state index contributed by atoms with van der Waals surface area (Å²) in [7, 11) is 0. The Hall–Kier alpha value is -2.37. The van der Waals surface area contributed by atoms with E-state index in [1.807, 2.05) is 47.2 Å². The van der Waals surface area contributed by atoms with Crippen LogP contribution < -0.4 is 5.32 Å². The van der Waals surface area contributed by atoms with E-state index in [9.17, 15) is 4.79 Å². The highest BCUT2D eigenvalue weighted by Gasteiger charge is 2.16. The summed E-state index contributed by atoms with van der Waals surface area (Å²) >= 11 is 7.74. The minimum atomic E-state index is -0.208. The standard InChI is InChI=1S/C18H16ClN3OS/c19-16-6-1-2-7-17(16)21-18(23)22(11-14-8-10-24-13-14)12-15-5-3-4-9-20-15/h1-10,13H,11-12H2,(H,21,23). The maximum Gasteiger partial charge on any atom is 0.322 e. The zero-order valence-electron chi connectivity index (χ0n) is 12.9. The summed E-state index contributed by atoms with van der Waals surface area (Å²) in [5.41, 5.74) is 2.52. The molecule has 24 heavy (non-hydrogen) atoms. The molecule has 0 bridgehead atoms. The highest BCUT2D eigenvalue weighted by molar-refractivity contribution is 7.07. The van der Waals surface area contributed by atoms with Gasteiger partial charge in [0, 0.05) is 12.7 Å². The van der Waals surface area contributed by atoms with Crippen LogP contribution in [0.4, 0.5) is 10.5 Å². The molecule has 122 valence electrons. The third kappa shape index (κ3) is 4.34. The molecule has 0 saturated heterocycles. The molecule has 0 unspecified atom stereocenters. The van der Waals surface area contributed by atoms with Crippen molar-refractivity contribution in [3.8, 4) is 0 Å². The number of hydrogen-bond acceptors (Lipinski definition) is 3. The molecule has 3 aromatic rings. The van der Waals surface area contributed by atoms with Gasteiger partial charge in [-0.05, 0) is 46.7 Å². The van der Waals surface area contributed by atoms with Crippen LogP contribution in [0, 0.1) is 0 Å². The highest BCUT2D eigenvalue weighted by atomic mass is 35.5. The van der Waals surface area contributed by atoms with E-state index in [0.29, 0.717) is 23.8 Å². The molecule has 0 fully saturated rings. The first kappa shape index (κ1) is 16.5. The van der Waals surface area contributed by atoms with Crippen LogP contribution >= 0.6 is 22.9 Å². The summed E-state index contributed by atoms with van der Waals surface area (Å²) in [5.74, 6) is 0. The number of nitrogens with zero attached hydrogens (tertiary/aromatic N) is 2. The number of amides is 2. The molecule has 0 radical (unpaired) electrons. The lowest BCUT2D eigenvalue weighted by atomic mass is 10.2. The monoisotopic (exact) mass is 357 g/mol. The maximum atomic E-state index is 12.7. The van der Waals surface area contributed by atoms with E-state index in [1.165, 1.54) is 0 Å². The van der Waals surface area contributed by atoms with Crippen molar-refractivity contribution in [1.29, 1.82) is 0 Å². The van der Waals surface area contributed by atoms with E-state index in [1.54, 1.807) is 34.6 Å². The summed E-state index contributed by atoms with van der Waals surface area (Å²) in [5, 5.41) is 7.42. The topological polar surface area (TPSA) is 45.2 Å². The second kappa shape index (κ2) is 7.95. The van der Waals surface area contributed by atoms with E-state index in [4.69, 9.17) is 11.6 Å². The van der Waals surface area contributed by atoms with Gasteiger partial charge in [0.2, 0.25) is 0 Å². The SMILES string of the molecule is O=C(Nc1ccccc1Cl)N(Cc1ccsc1)Cc1ccccn1. The van der Waals surface area contributed by atoms with Gasteiger partial charge in [0.1, 0.15) is 0 Å². The van der Waals surface area contributed by atoms with Gasteiger partial charge in [-0.2, -0.15) is 11.3 Å². The summed E-state index contributed by atoms with van der Waals surface area (Å²) in [6, 6.07) is 14.7. The van der Waals surface area contributed by atoms with Crippen LogP contribution in [0.25, 0.3) is 0 Å². The molecule has 1 aromatic carbocycles. The lowest BCUT2D eigenvalue weighted by Crippen LogP contribution is -2.34. The van der Waals surface area contributed by atoms with Gasteiger partial charge in [-0.1, -0.05) is 29.8 Å². The fourth-order valence-electron chi connectivity index (χ4n) is 2.25. The first-order valence-corrected chi connectivity index (χ1v) is 8.76. The van der Waals surface area contributed by atoms with Crippen LogP contribution in [0.1, 0.15) is 11.3 Å². The number of anilines is 1. The number of halogens is 1. The van der Waals surface area contributed by atoms with Gasteiger partial charge >= 0.3 is 6.03 Å². The Labute approximate surface area is 149 Å². The van der Waals surface area contributed by atoms with Crippen molar-refractivity contribution in [1.82, 2.24) is 9.88 Å². The third-order valence-electron chi connectivity index (χ3n) is 3.44. The Morgan fingerprint density at radius 3 is 2.67 bits per heavy atom. The molecule has 0 aliphatic heterocycles. The van der Waals surface area contributed by atoms with E-state index in [-0.39, 0.29) is 6.03 Å². The quantitative estimate of drug-likeness (QED) is 0.696. The van der Waals surface area contributed by atoms with Crippen LogP contribution in [0.15, 0.2) is 65.5 Å². The van der Waals surface area contributed by atoms with Gasteiger partial charge in [0.05, 0.1) is 22.9 Å². The molecule has 0 aliphatic carbocycles. The van der Waals surface area contributed by atoms with Crippen molar-refractivity contribution in [3.63, 3.8) is 0 Å². The van der Waals surface area contributed by atoms with E-state index in [0.717, 1.165) is 11.3 Å². The number of rotatable bonds is 5. The van der Waals surface area contributed by atoms with E-state index < -0.39 is 0 Å². The number of benzene rings is 1. The zero-order valence-corrected chi connectivity index (χ0v) is 14.4. The van der Waals surface area contributed by atoms with Crippen molar-refractivity contribution < 1.29 is 4.79 Å². The summed E-state index contributed by atoms with van der Waals surface area (Å²) < 4.78 is 0. The minimum absolute atomic E-state index is 0.208. The molecule has 0 spiro atoms. The first-order valence-electron chi connectivity index (χ1n) is 7.44. The van der Waals surface area contributed by atoms with Crippen molar-refractivity contribution >= 4 is 34.7 Å². The predicted molar refractivity (Wildman–Crippen MR) is 98.3 cm³/mol. The lowest BCUT2D eigenvalue weighted by Gasteiger charge is -2.23. The number of thiophene rings is 1. The Kier molecular flexibility index (Phi) is 5.46. The summed E-state index contributed by atoms with van der Waals surface area (Å²) in [4.78, 5) is 18.8.